The Hall–Kier alpha value is -2.05. The van der Waals surface area contributed by atoms with Gasteiger partial charge in [-0.2, -0.15) is 0 Å². The van der Waals surface area contributed by atoms with Gasteiger partial charge in [0.05, 0.1) is 18.2 Å². The van der Waals surface area contributed by atoms with Crippen molar-refractivity contribution in [1.29, 1.82) is 0 Å². The molecule has 0 bridgehead atoms. The summed E-state index contributed by atoms with van der Waals surface area (Å²) >= 11 is 0. The zero-order valence-corrected chi connectivity index (χ0v) is 15.1. The molecule has 0 unspecified atom stereocenters. The second-order valence-corrected chi connectivity index (χ2v) is 6.04. The Morgan fingerprint density at radius 3 is 2.67 bits per heavy atom. The molecule has 0 radical (unpaired) electrons. The molecular formula is C17H28N4O3. The summed E-state index contributed by atoms with van der Waals surface area (Å²) in [6.07, 6.45) is 2.46. The lowest BCUT2D eigenvalue weighted by atomic mass is 9.97. The van der Waals surface area contributed by atoms with Crippen LogP contribution in [0.15, 0.2) is 9.52 Å². The second kappa shape index (κ2) is 8.70. The molecule has 1 aromatic heterocycles. The molecule has 0 saturated carbocycles. The Labute approximate surface area is 143 Å². The Morgan fingerprint density at radius 1 is 1.42 bits per heavy atom. The summed E-state index contributed by atoms with van der Waals surface area (Å²) in [6.45, 7) is 8.59. The predicted molar refractivity (Wildman–Crippen MR) is 92.0 cm³/mol. The van der Waals surface area contributed by atoms with Crippen LogP contribution in [0.3, 0.4) is 0 Å². The number of carbonyl (C=O) groups is 1. The van der Waals surface area contributed by atoms with E-state index in [-0.39, 0.29) is 11.9 Å². The highest BCUT2D eigenvalue weighted by Crippen LogP contribution is 2.19. The number of likely N-dealkylation sites (tertiary alicyclic amines) is 1. The van der Waals surface area contributed by atoms with E-state index in [9.17, 15) is 4.79 Å². The number of aromatic nitrogens is 1. The highest BCUT2D eigenvalue weighted by atomic mass is 16.5. The van der Waals surface area contributed by atoms with Crippen LogP contribution in [0.4, 0.5) is 0 Å². The van der Waals surface area contributed by atoms with Crippen molar-refractivity contribution in [2.45, 2.75) is 40.0 Å². The van der Waals surface area contributed by atoms with Gasteiger partial charge in [-0.1, -0.05) is 5.16 Å². The number of rotatable bonds is 5. The van der Waals surface area contributed by atoms with Gasteiger partial charge in [0.25, 0.3) is 0 Å². The van der Waals surface area contributed by atoms with Gasteiger partial charge in [-0.25, -0.2) is 0 Å². The zero-order chi connectivity index (χ0) is 17.5. The Morgan fingerprint density at radius 2 is 2.12 bits per heavy atom. The van der Waals surface area contributed by atoms with E-state index in [4.69, 9.17) is 9.26 Å². The fourth-order valence-corrected chi connectivity index (χ4v) is 3.08. The molecule has 7 heteroatoms. The molecule has 2 heterocycles. The first-order valence-electron chi connectivity index (χ1n) is 8.60. The fraction of sp³-hybridized carbons (Fsp3) is 0.706. The first-order chi connectivity index (χ1) is 11.6. The lowest BCUT2D eigenvalue weighted by Gasteiger charge is -2.33. The number of carbonyl (C=O) groups excluding carboxylic acids is 1. The minimum absolute atomic E-state index is 0.0154. The summed E-state index contributed by atoms with van der Waals surface area (Å²) in [5, 5.41) is 7.37. The number of guanidine groups is 1. The van der Waals surface area contributed by atoms with Gasteiger partial charge in [-0.05, 0) is 40.0 Å². The number of hydrogen-bond donors (Lipinski definition) is 1. The third-order valence-corrected chi connectivity index (χ3v) is 4.47. The molecule has 1 N–H and O–H groups in total. The first kappa shape index (κ1) is 18.3. The van der Waals surface area contributed by atoms with E-state index in [0.717, 1.165) is 61.9 Å². The Balaban J connectivity index is 1.80. The van der Waals surface area contributed by atoms with E-state index in [1.165, 1.54) is 0 Å². The smallest absolute Gasteiger partial charge is 0.309 e. The number of piperidine rings is 1. The van der Waals surface area contributed by atoms with Crippen molar-refractivity contribution in [2.75, 3.05) is 33.3 Å². The maximum absolute atomic E-state index is 11.8. The van der Waals surface area contributed by atoms with Crippen molar-refractivity contribution >= 4 is 11.9 Å². The van der Waals surface area contributed by atoms with Crippen molar-refractivity contribution in [3.63, 3.8) is 0 Å². The molecule has 24 heavy (non-hydrogen) atoms. The molecule has 1 aliphatic heterocycles. The fourth-order valence-electron chi connectivity index (χ4n) is 3.08. The zero-order valence-electron chi connectivity index (χ0n) is 15.1. The van der Waals surface area contributed by atoms with E-state index in [2.05, 4.69) is 20.4 Å². The average molecular weight is 336 g/mol. The van der Waals surface area contributed by atoms with Crippen LogP contribution in [-0.2, 0) is 16.0 Å². The first-order valence-corrected chi connectivity index (χ1v) is 8.60. The Bertz CT molecular complexity index is 555. The summed E-state index contributed by atoms with van der Waals surface area (Å²) in [7, 11) is 1.79. The number of ether oxygens (including phenoxy) is 1. The van der Waals surface area contributed by atoms with Crippen molar-refractivity contribution in [1.82, 2.24) is 15.4 Å². The highest BCUT2D eigenvalue weighted by Gasteiger charge is 2.27. The molecule has 7 nitrogen and oxygen atoms in total. The maximum Gasteiger partial charge on any atom is 0.309 e. The summed E-state index contributed by atoms with van der Waals surface area (Å²) < 4.78 is 10.3. The number of hydrogen-bond acceptors (Lipinski definition) is 5. The second-order valence-electron chi connectivity index (χ2n) is 6.04. The molecule has 0 aliphatic carbocycles. The minimum Gasteiger partial charge on any atom is -0.466 e. The van der Waals surface area contributed by atoms with Gasteiger partial charge in [0, 0.05) is 32.2 Å². The summed E-state index contributed by atoms with van der Waals surface area (Å²) in [5.41, 5.74) is 2.10. The predicted octanol–water partition coefficient (Wildman–Crippen LogP) is 1.68. The number of aliphatic imine (C=N–C) groups is 1. The van der Waals surface area contributed by atoms with E-state index < -0.39 is 0 Å². The summed E-state index contributed by atoms with van der Waals surface area (Å²) in [5.74, 6) is 1.70. The van der Waals surface area contributed by atoms with E-state index in [1.807, 2.05) is 20.8 Å². The lowest BCUT2D eigenvalue weighted by Crippen LogP contribution is -2.47. The van der Waals surface area contributed by atoms with Crippen LogP contribution in [0.5, 0.6) is 0 Å². The van der Waals surface area contributed by atoms with Crippen LogP contribution in [0, 0.1) is 19.8 Å². The molecule has 1 aliphatic rings. The van der Waals surface area contributed by atoms with Crippen LogP contribution in [0.1, 0.15) is 36.8 Å². The van der Waals surface area contributed by atoms with Crippen LogP contribution >= 0.6 is 0 Å². The molecular weight excluding hydrogens is 308 g/mol. The normalized spacial score (nSPS) is 16.3. The van der Waals surface area contributed by atoms with E-state index in [1.54, 1.807) is 7.05 Å². The van der Waals surface area contributed by atoms with Gasteiger partial charge >= 0.3 is 5.97 Å². The van der Waals surface area contributed by atoms with Gasteiger partial charge in [0.1, 0.15) is 5.76 Å². The molecule has 1 saturated heterocycles. The molecule has 0 amide bonds. The van der Waals surface area contributed by atoms with Crippen molar-refractivity contribution in [3.05, 3.63) is 17.0 Å². The van der Waals surface area contributed by atoms with Gasteiger partial charge < -0.3 is 19.5 Å². The standard InChI is InChI=1S/C17H28N4O3/c1-5-23-16(22)14-7-10-21(11-8-14)17(18-4)19-9-6-15-12(2)20-24-13(15)3/h14H,5-11H2,1-4H3,(H,18,19). The summed E-state index contributed by atoms with van der Waals surface area (Å²) in [6, 6.07) is 0. The van der Waals surface area contributed by atoms with E-state index >= 15 is 0 Å². The highest BCUT2D eigenvalue weighted by molar-refractivity contribution is 5.80. The van der Waals surface area contributed by atoms with Gasteiger partial charge in [0.2, 0.25) is 0 Å². The van der Waals surface area contributed by atoms with Gasteiger partial charge in [-0.15, -0.1) is 0 Å². The number of aryl methyl sites for hydroxylation is 2. The lowest BCUT2D eigenvalue weighted by molar-refractivity contribution is -0.149. The van der Waals surface area contributed by atoms with Crippen LogP contribution in [0.2, 0.25) is 0 Å². The molecule has 2 rings (SSSR count). The van der Waals surface area contributed by atoms with Crippen LogP contribution in [0.25, 0.3) is 0 Å². The number of esters is 1. The third-order valence-electron chi connectivity index (χ3n) is 4.47. The molecule has 1 aromatic rings. The molecule has 0 spiro atoms. The molecule has 0 atom stereocenters. The van der Waals surface area contributed by atoms with E-state index in [0.29, 0.717) is 6.61 Å². The topological polar surface area (TPSA) is 80.0 Å². The van der Waals surface area contributed by atoms with Crippen molar-refractivity contribution < 1.29 is 14.1 Å². The maximum atomic E-state index is 11.8. The van der Waals surface area contributed by atoms with Crippen LogP contribution in [-0.4, -0.2) is 55.3 Å². The SMILES string of the molecule is CCOC(=O)C1CCN(C(=NC)NCCc2c(C)noc2C)CC1. The van der Waals surface area contributed by atoms with Gasteiger partial charge in [0.15, 0.2) is 5.96 Å². The van der Waals surface area contributed by atoms with Crippen molar-refractivity contribution in [2.24, 2.45) is 10.9 Å². The third kappa shape index (κ3) is 4.49. The van der Waals surface area contributed by atoms with Gasteiger partial charge in [-0.3, -0.25) is 9.79 Å². The molecule has 0 aromatic carbocycles. The molecule has 134 valence electrons. The monoisotopic (exact) mass is 336 g/mol. The number of nitrogens with zero attached hydrogens (tertiary/aromatic N) is 3. The average Bonchev–Trinajstić information content (AvgIpc) is 2.91. The quantitative estimate of drug-likeness (QED) is 0.501. The Kier molecular flexibility index (Phi) is 6.63. The number of nitrogens with one attached hydrogen (secondary N) is 1. The molecule has 1 fully saturated rings. The van der Waals surface area contributed by atoms with Crippen molar-refractivity contribution in [3.8, 4) is 0 Å². The van der Waals surface area contributed by atoms with Crippen LogP contribution < -0.4 is 5.32 Å². The minimum atomic E-state index is -0.0708. The summed E-state index contributed by atoms with van der Waals surface area (Å²) in [4.78, 5) is 18.4. The largest absolute Gasteiger partial charge is 0.466 e.